The van der Waals surface area contributed by atoms with Crippen LogP contribution in [0, 0.1) is 5.92 Å². The highest BCUT2D eigenvalue weighted by molar-refractivity contribution is 7.89. The Labute approximate surface area is 150 Å². The number of halogens is 5. The molecule has 1 atom stereocenters. The molecule has 1 aliphatic heterocycles. The molecule has 1 aliphatic rings. The van der Waals surface area contributed by atoms with Gasteiger partial charge < -0.3 is 5.32 Å². The fraction of sp³-hybridized carbons (Fsp3) is 0.571. The molecule has 24 heavy (non-hydrogen) atoms. The number of piperidine rings is 1. The Kier molecular flexibility index (Phi) is 7.80. The van der Waals surface area contributed by atoms with Crippen LogP contribution in [0.4, 0.5) is 13.2 Å². The first-order chi connectivity index (χ1) is 10.7. The summed E-state index contributed by atoms with van der Waals surface area (Å²) >= 11 is 5.72. The predicted molar refractivity (Wildman–Crippen MR) is 89.1 cm³/mol. The standard InChI is InChI=1S/C14H18ClF3N2O2S.ClH/c15-12-8-11(14(16,17)18)3-4-13(12)23(21,22)20-7-5-10-2-1-6-19-9-10;/h3-4,8,10,19-20H,1-2,5-7,9H2;1H. The highest BCUT2D eigenvalue weighted by Crippen LogP contribution is 2.33. The average molecular weight is 407 g/mol. The van der Waals surface area contributed by atoms with Gasteiger partial charge in [-0.05, 0) is 56.5 Å². The van der Waals surface area contributed by atoms with E-state index < -0.39 is 26.8 Å². The van der Waals surface area contributed by atoms with Gasteiger partial charge in [-0.25, -0.2) is 13.1 Å². The normalized spacial score (nSPS) is 18.9. The third-order valence-electron chi connectivity index (χ3n) is 3.79. The molecule has 1 fully saturated rings. The van der Waals surface area contributed by atoms with Crippen LogP contribution in [0.15, 0.2) is 23.1 Å². The van der Waals surface area contributed by atoms with Gasteiger partial charge in [-0.1, -0.05) is 11.6 Å². The number of alkyl halides is 3. The minimum absolute atomic E-state index is 0. The molecular weight excluding hydrogens is 388 g/mol. The highest BCUT2D eigenvalue weighted by atomic mass is 35.5. The molecule has 0 aliphatic carbocycles. The molecule has 1 saturated heterocycles. The highest BCUT2D eigenvalue weighted by Gasteiger charge is 2.32. The summed E-state index contributed by atoms with van der Waals surface area (Å²) in [6, 6.07) is 2.22. The summed E-state index contributed by atoms with van der Waals surface area (Å²) < 4.78 is 64.5. The first kappa shape index (κ1) is 21.5. The van der Waals surface area contributed by atoms with Crippen LogP contribution in [0.25, 0.3) is 0 Å². The lowest BCUT2D eigenvalue weighted by molar-refractivity contribution is -0.137. The lowest BCUT2D eigenvalue weighted by Crippen LogP contribution is -2.33. The van der Waals surface area contributed by atoms with Crippen LogP contribution in [-0.2, 0) is 16.2 Å². The van der Waals surface area contributed by atoms with Gasteiger partial charge in [0.2, 0.25) is 10.0 Å². The number of hydrogen-bond donors (Lipinski definition) is 2. The second-order valence-electron chi connectivity index (χ2n) is 5.54. The molecule has 0 bridgehead atoms. The van der Waals surface area contributed by atoms with Crippen molar-refractivity contribution in [2.45, 2.75) is 30.3 Å². The fourth-order valence-electron chi connectivity index (χ4n) is 2.54. The molecule has 0 spiro atoms. The Bertz CT molecular complexity index is 648. The smallest absolute Gasteiger partial charge is 0.316 e. The summed E-state index contributed by atoms with van der Waals surface area (Å²) in [5, 5.41) is 2.80. The molecule has 1 aromatic rings. The molecule has 2 rings (SSSR count). The molecule has 10 heteroatoms. The van der Waals surface area contributed by atoms with Gasteiger partial charge in [-0.3, -0.25) is 0 Å². The maximum atomic E-state index is 12.6. The monoisotopic (exact) mass is 406 g/mol. The summed E-state index contributed by atoms with van der Waals surface area (Å²) in [6.07, 6.45) is -1.80. The molecule has 1 unspecified atom stereocenters. The second-order valence-corrected chi connectivity index (χ2v) is 7.68. The van der Waals surface area contributed by atoms with Crippen molar-refractivity contribution in [3.63, 3.8) is 0 Å². The van der Waals surface area contributed by atoms with Gasteiger partial charge in [0.1, 0.15) is 4.90 Å². The Balaban J connectivity index is 0.00000288. The number of benzene rings is 1. The molecule has 0 radical (unpaired) electrons. The maximum Gasteiger partial charge on any atom is 0.416 e. The van der Waals surface area contributed by atoms with Crippen LogP contribution in [-0.4, -0.2) is 28.1 Å². The molecular formula is C14H19Cl2F3N2O2S. The Morgan fingerprint density at radius 2 is 2.04 bits per heavy atom. The molecule has 138 valence electrons. The van der Waals surface area contributed by atoms with E-state index in [1.165, 1.54) is 0 Å². The number of sulfonamides is 1. The van der Waals surface area contributed by atoms with Gasteiger partial charge in [-0.2, -0.15) is 13.2 Å². The molecule has 1 aromatic carbocycles. The lowest BCUT2D eigenvalue weighted by Gasteiger charge is -2.22. The lowest BCUT2D eigenvalue weighted by atomic mass is 9.96. The van der Waals surface area contributed by atoms with Crippen molar-refractivity contribution < 1.29 is 21.6 Å². The first-order valence-corrected chi connectivity index (χ1v) is 9.13. The zero-order valence-electron chi connectivity index (χ0n) is 12.7. The summed E-state index contributed by atoms with van der Waals surface area (Å²) in [4.78, 5) is -0.339. The average Bonchev–Trinajstić information content (AvgIpc) is 2.47. The number of nitrogens with one attached hydrogen (secondary N) is 2. The Hall–Kier alpha value is -0.540. The van der Waals surface area contributed by atoms with Gasteiger partial charge in [0.05, 0.1) is 10.6 Å². The van der Waals surface area contributed by atoms with Crippen LogP contribution in [0.1, 0.15) is 24.8 Å². The maximum absolute atomic E-state index is 12.6. The molecule has 1 heterocycles. The molecule has 0 aromatic heterocycles. The summed E-state index contributed by atoms with van der Waals surface area (Å²) in [5.41, 5.74) is -0.977. The van der Waals surface area contributed by atoms with Crippen molar-refractivity contribution >= 4 is 34.0 Å². The van der Waals surface area contributed by atoms with E-state index in [0.29, 0.717) is 24.5 Å². The SMILES string of the molecule is Cl.O=S(=O)(NCCC1CCCNC1)c1ccc(C(F)(F)F)cc1Cl. The Morgan fingerprint density at radius 3 is 2.58 bits per heavy atom. The predicted octanol–water partition coefficient (Wildman–Crippen LogP) is 3.45. The number of rotatable bonds is 5. The van der Waals surface area contributed by atoms with E-state index in [1.54, 1.807) is 0 Å². The largest absolute Gasteiger partial charge is 0.416 e. The van der Waals surface area contributed by atoms with Gasteiger partial charge in [-0.15, -0.1) is 12.4 Å². The van der Waals surface area contributed by atoms with E-state index in [4.69, 9.17) is 11.6 Å². The second kappa shape index (κ2) is 8.71. The molecule has 4 nitrogen and oxygen atoms in total. The van der Waals surface area contributed by atoms with Crippen molar-refractivity contribution in [2.24, 2.45) is 5.92 Å². The third-order valence-corrected chi connectivity index (χ3v) is 5.74. The van der Waals surface area contributed by atoms with Crippen LogP contribution in [0.2, 0.25) is 5.02 Å². The summed E-state index contributed by atoms with van der Waals surface area (Å²) in [7, 11) is -3.92. The fourth-order valence-corrected chi connectivity index (χ4v) is 4.13. The quantitative estimate of drug-likeness (QED) is 0.786. The van der Waals surface area contributed by atoms with E-state index in [-0.39, 0.29) is 23.8 Å². The van der Waals surface area contributed by atoms with E-state index in [1.807, 2.05) is 0 Å². The third kappa shape index (κ3) is 5.77. The van der Waals surface area contributed by atoms with Crippen molar-refractivity contribution in [1.82, 2.24) is 10.0 Å². The van der Waals surface area contributed by atoms with Crippen molar-refractivity contribution in [3.05, 3.63) is 28.8 Å². The van der Waals surface area contributed by atoms with Crippen molar-refractivity contribution in [2.75, 3.05) is 19.6 Å². The van der Waals surface area contributed by atoms with Gasteiger partial charge in [0.25, 0.3) is 0 Å². The summed E-state index contributed by atoms with van der Waals surface area (Å²) in [6.45, 7) is 2.05. The van der Waals surface area contributed by atoms with Gasteiger partial charge >= 0.3 is 6.18 Å². The van der Waals surface area contributed by atoms with Crippen LogP contribution in [0.5, 0.6) is 0 Å². The zero-order chi connectivity index (χ0) is 17.1. The number of hydrogen-bond acceptors (Lipinski definition) is 3. The van der Waals surface area contributed by atoms with Crippen LogP contribution >= 0.6 is 24.0 Å². The van der Waals surface area contributed by atoms with Crippen molar-refractivity contribution in [1.29, 1.82) is 0 Å². The van der Waals surface area contributed by atoms with E-state index in [0.717, 1.165) is 32.0 Å². The van der Waals surface area contributed by atoms with Crippen molar-refractivity contribution in [3.8, 4) is 0 Å². The zero-order valence-corrected chi connectivity index (χ0v) is 15.1. The minimum Gasteiger partial charge on any atom is -0.316 e. The van der Waals surface area contributed by atoms with Crippen LogP contribution in [0.3, 0.4) is 0 Å². The molecule has 2 N–H and O–H groups in total. The minimum atomic E-state index is -4.56. The Morgan fingerprint density at radius 1 is 1.33 bits per heavy atom. The van der Waals surface area contributed by atoms with Gasteiger partial charge in [0.15, 0.2) is 0 Å². The topological polar surface area (TPSA) is 58.2 Å². The first-order valence-electron chi connectivity index (χ1n) is 7.27. The van der Waals surface area contributed by atoms with E-state index >= 15 is 0 Å². The van der Waals surface area contributed by atoms with E-state index in [2.05, 4.69) is 10.0 Å². The van der Waals surface area contributed by atoms with E-state index in [9.17, 15) is 21.6 Å². The van der Waals surface area contributed by atoms with Gasteiger partial charge in [0, 0.05) is 6.54 Å². The molecule has 0 amide bonds. The van der Waals surface area contributed by atoms with Crippen LogP contribution < -0.4 is 10.0 Å². The summed E-state index contributed by atoms with van der Waals surface area (Å²) in [5.74, 6) is 0.398. The molecule has 0 saturated carbocycles.